The number of amides is 1. The van der Waals surface area contributed by atoms with Crippen LogP contribution in [0.2, 0.25) is 0 Å². The molecule has 0 unspecified atom stereocenters. The van der Waals surface area contributed by atoms with E-state index >= 15 is 0 Å². The lowest BCUT2D eigenvalue weighted by Crippen LogP contribution is -2.37. The van der Waals surface area contributed by atoms with Gasteiger partial charge in [-0.05, 0) is 31.6 Å². The van der Waals surface area contributed by atoms with Crippen molar-refractivity contribution in [3.05, 3.63) is 0 Å². The zero-order valence-corrected chi connectivity index (χ0v) is 11.2. The summed E-state index contributed by atoms with van der Waals surface area (Å²) in [6.07, 6.45) is 8.32. The lowest BCUT2D eigenvalue weighted by Gasteiger charge is -2.30. The third-order valence-corrected chi connectivity index (χ3v) is 3.69. The van der Waals surface area contributed by atoms with E-state index in [0.717, 1.165) is 51.1 Å². The monoisotopic (exact) mass is 241 g/mol. The van der Waals surface area contributed by atoms with Gasteiger partial charge in [0.05, 0.1) is 0 Å². The first-order valence-electron chi connectivity index (χ1n) is 7.12. The molecule has 0 spiro atoms. The van der Waals surface area contributed by atoms with Crippen LogP contribution in [0.15, 0.2) is 0 Å². The van der Waals surface area contributed by atoms with Crippen LogP contribution in [0.1, 0.15) is 58.3 Å². The van der Waals surface area contributed by atoms with Crippen LogP contribution in [0.4, 0.5) is 0 Å². The van der Waals surface area contributed by atoms with Gasteiger partial charge in [-0.3, -0.25) is 4.79 Å². The number of hydrogen-bond acceptors (Lipinski definition) is 2. The van der Waals surface area contributed by atoms with E-state index in [1.54, 1.807) is 0 Å². The van der Waals surface area contributed by atoms with E-state index in [1.165, 1.54) is 12.8 Å². The normalized spacial score (nSPS) is 17.4. The highest BCUT2D eigenvalue weighted by atomic mass is 16.2. The Morgan fingerprint density at radius 1 is 1.12 bits per heavy atom. The molecule has 100 valence electrons. The molecule has 0 atom stereocenters. The van der Waals surface area contributed by atoms with Gasteiger partial charge in [-0.25, -0.2) is 0 Å². The van der Waals surface area contributed by atoms with Crippen molar-refractivity contribution in [2.24, 2.45) is 5.92 Å². The van der Waals surface area contributed by atoms with Crippen molar-refractivity contribution >= 4 is 5.91 Å². The average molecular weight is 241 g/mol. The first-order chi connectivity index (χ1) is 8.24. The van der Waals surface area contributed by atoms with Crippen LogP contribution in [0.3, 0.4) is 0 Å². The van der Waals surface area contributed by atoms with Gasteiger partial charge in [0.1, 0.15) is 0 Å². The lowest BCUT2D eigenvalue weighted by molar-refractivity contribution is -0.132. The molecule has 3 nitrogen and oxygen atoms in total. The second-order valence-corrected chi connectivity index (χ2v) is 5.30. The summed E-state index contributed by atoms with van der Waals surface area (Å²) in [5.74, 6) is 1.14. The van der Waals surface area contributed by atoms with Crippen LogP contribution in [0.5, 0.6) is 0 Å². The van der Waals surface area contributed by atoms with Gasteiger partial charge in [0.25, 0.3) is 0 Å². The summed E-state index contributed by atoms with van der Waals surface area (Å²) < 4.78 is 0. The molecule has 1 aliphatic rings. The molecule has 0 aromatic heterocycles. The number of carbonyl (C=O) groups excluding carboxylic acids is 1. The fourth-order valence-electron chi connectivity index (χ4n) is 2.33. The largest absolute Gasteiger partial charge is 0.396 e. The molecule has 0 aromatic carbocycles. The van der Waals surface area contributed by atoms with Crippen LogP contribution in [-0.2, 0) is 4.79 Å². The third kappa shape index (κ3) is 6.06. The van der Waals surface area contributed by atoms with Crippen LogP contribution in [0, 0.1) is 5.92 Å². The number of unbranched alkanes of at least 4 members (excludes halogenated alkanes) is 4. The van der Waals surface area contributed by atoms with E-state index in [4.69, 9.17) is 5.11 Å². The summed E-state index contributed by atoms with van der Waals surface area (Å²) in [6, 6.07) is 0. The summed E-state index contributed by atoms with van der Waals surface area (Å²) in [5, 5.41) is 8.64. The summed E-state index contributed by atoms with van der Waals surface area (Å²) in [5.41, 5.74) is 0. The van der Waals surface area contributed by atoms with Crippen molar-refractivity contribution in [2.45, 2.75) is 58.3 Å². The molecule has 3 heteroatoms. The first kappa shape index (κ1) is 14.5. The van der Waals surface area contributed by atoms with Gasteiger partial charge >= 0.3 is 0 Å². The Bertz CT molecular complexity index is 210. The van der Waals surface area contributed by atoms with Crippen molar-refractivity contribution in [1.82, 2.24) is 4.90 Å². The molecule has 0 saturated carbocycles. The number of piperidine rings is 1. The van der Waals surface area contributed by atoms with Crippen molar-refractivity contribution in [2.75, 3.05) is 19.7 Å². The quantitative estimate of drug-likeness (QED) is 0.696. The van der Waals surface area contributed by atoms with Gasteiger partial charge in [-0.1, -0.05) is 26.2 Å². The molecule has 0 aromatic rings. The van der Waals surface area contributed by atoms with E-state index in [9.17, 15) is 4.79 Å². The molecule has 0 bridgehead atoms. The van der Waals surface area contributed by atoms with E-state index in [0.29, 0.717) is 18.9 Å². The molecule has 1 N–H and O–H groups in total. The highest BCUT2D eigenvalue weighted by Gasteiger charge is 2.19. The van der Waals surface area contributed by atoms with Crippen molar-refractivity contribution in [1.29, 1.82) is 0 Å². The topological polar surface area (TPSA) is 40.5 Å². The Morgan fingerprint density at radius 2 is 1.71 bits per heavy atom. The number of likely N-dealkylation sites (tertiary alicyclic amines) is 1. The van der Waals surface area contributed by atoms with Crippen LogP contribution < -0.4 is 0 Å². The minimum atomic E-state index is 0.297. The molecule has 0 aliphatic carbocycles. The fourth-order valence-corrected chi connectivity index (χ4v) is 2.33. The predicted octanol–water partition coefficient (Wildman–Crippen LogP) is 2.58. The van der Waals surface area contributed by atoms with Gasteiger partial charge in [0.2, 0.25) is 5.91 Å². The SMILES string of the molecule is CC1CCN(C(=O)CCCCCCCO)CC1. The summed E-state index contributed by atoms with van der Waals surface area (Å²) in [4.78, 5) is 13.9. The second-order valence-electron chi connectivity index (χ2n) is 5.30. The predicted molar refractivity (Wildman–Crippen MR) is 69.8 cm³/mol. The number of rotatable bonds is 7. The van der Waals surface area contributed by atoms with E-state index in [1.807, 2.05) is 4.90 Å². The van der Waals surface area contributed by atoms with Gasteiger partial charge in [0.15, 0.2) is 0 Å². The van der Waals surface area contributed by atoms with E-state index in [-0.39, 0.29) is 0 Å². The molecule has 1 saturated heterocycles. The standard InChI is InChI=1S/C14H27NO2/c1-13-8-10-15(11-9-13)14(17)7-5-3-2-4-6-12-16/h13,16H,2-12H2,1H3. The van der Waals surface area contributed by atoms with E-state index < -0.39 is 0 Å². The third-order valence-electron chi connectivity index (χ3n) is 3.69. The molecule has 1 fully saturated rings. The number of nitrogens with zero attached hydrogens (tertiary/aromatic N) is 1. The molecule has 1 rings (SSSR count). The summed E-state index contributed by atoms with van der Waals surface area (Å²) >= 11 is 0. The maximum atomic E-state index is 11.9. The highest BCUT2D eigenvalue weighted by Crippen LogP contribution is 2.17. The molecular weight excluding hydrogens is 214 g/mol. The van der Waals surface area contributed by atoms with Crippen LogP contribution in [-0.4, -0.2) is 35.6 Å². The number of hydrogen-bond donors (Lipinski definition) is 1. The maximum absolute atomic E-state index is 11.9. The average Bonchev–Trinajstić information content (AvgIpc) is 2.34. The van der Waals surface area contributed by atoms with Crippen molar-refractivity contribution in [3.8, 4) is 0 Å². The Morgan fingerprint density at radius 3 is 2.35 bits per heavy atom. The van der Waals surface area contributed by atoms with Gasteiger partial charge in [-0.2, -0.15) is 0 Å². The molecule has 17 heavy (non-hydrogen) atoms. The van der Waals surface area contributed by atoms with E-state index in [2.05, 4.69) is 6.92 Å². The zero-order valence-electron chi connectivity index (χ0n) is 11.2. The molecule has 1 aliphatic heterocycles. The van der Waals surface area contributed by atoms with Gasteiger partial charge in [-0.15, -0.1) is 0 Å². The minimum absolute atomic E-state index is 0.297. The Hall–Kier alpha value is -0.570. The maximum Gasteiger partial charge on any atom is 0.222 e. The van der Waals surface area contributed by atoms with Crippen molar-refractivity contribution in [3.63, 3.8) is 0 Å². The highest BCUT2D eigenvalue weighted by molar-refractivity contribution is 5.76. The first-order valence-corrected chi connectivity index (χ1v) is 7.12. The fraction of sp³-hybridized carbons (Fsp3) is 0.929. The Balaban J connectivity index is 2.01. The molecule has 0 radical (unpaired) electrons. The minimum Gasteiger partial charge on any atom is -0.396 e. The van der Waals surface area contributed by atoms with Crippen LogP contribution in [0.25, 0.3) is 0 Å². The second kappa shape index (κ2) is 8.51. The number of aliphatic hydroxyl groups is 1. The number of aliphatic hydroxyl groups excluding tert-OH is 1. The number of carbonyl (C=O) groups is 1. The summed E-state index contributed by atoms with van der Waals surface area (Å²) in [6.45, 7) is 4.49. The molecule has 1 amide bonds. The van der Waals surface area contributed by atoms with Crippen LogP contribution >= 0.6 is 0 Å². The smallest absolute Gasteiger partial charge is 0.222 e. The Labute approximate surface area is 105 Å². The molecular formula is C14H27NO2. The summed E-state index contributed by atoms with van der Waals surface area (Å²) in [7, 11) is 0. The zero-order chi connectivity index (χ0) is 12.5. The lowest BCUT2D eigenvalue weighted by atomic mass is 9.99. The van der Waals surface area contributed by atoms with Crippen molar-refractivity contribution < 1.29 is 9.90 Å². The van der Waals surface area contributed by atoms with Gasteiger partial charge in [0, 0.05) is 26.1 Å². The van der Waals surface area contributed by atoms with Gasteiger partial charge < -0.3 is 10.0 Å². The Kier molecular flexibility index (Phi) is 7.25. The molecule has 1 heterocycles.